The normalized spacial score (nSPS) is 10.0. The van der Waals surface area contributed by atoms with Gasteiger partial charge in [0.1, 0.15) is 0 Å². The van der Waals surface area contributed by atoms with Crippen molar-refractivity contribution in [3.05, 3.63) is 41.2 Å². The van der Waals surface area contributed by atoms with Gasteiger partial charge in [-0.1, -0.05) is 17.7 Å². The monoisotopic (exact) mass is 248 g/mol. The highest BCUT2D eigenvalue weighted by atomic mass is 35.5. The lowest BCUT2D eigenvalue weighted by molar-refractivity contribution is 0.112. The number of aromatic nitrogens is 2. The number of rotatable bonds is 3. The van der Waals surface area contributed by atoms with Crippen LogP contribution >= 0.6 is 11.6 Å². The minimum atomic E-state index is 0.304. The minimum absolute atomic E-state index is 0.304. The summed E-state index contributed by atoms with van der Waals surface area (Å²) in [5.74, 6) is 0. The number of carbonyl (C=O) groups is 1. The maximum absolute atomic E-state index is 10.8. The maximum Gasteiger partial charge on any atom is 0.316 e. The first-order valence-electron chi connectivity index (χ1n) is 4.85. The van der Waals surface area contributed by atoms with Gasteiger partial charge in [0.15, 0.2) is 6.29 Å². The second-order valence-electron chi connectivity index (χ2n) is 3.31. The summed E-state index contributed by atoms with van der Waals surface area (Å²) in [7, 11) is 1.50. The van der Waals surface area contributed by atoms with Gasteiger partial charge in [0.25, 0.3) is 0 Å². The summed E-state index contributed by atoms with van der Waals surface area (Å²) in [4.78, 5) is 18.8. The van der Waals surface area contributed by atoms with Crippen molar-refractivity contribution in [3.8, 4) is 17.1 Å². The molecule has 5 heteroatoms. The minimum Gasteiger partial charge on any atom is -0.467 e. The van der Waals surface area contributed by atoms with E-state index in [9.17, 15) is 4.79 Å². The average Bonchev–Trinajstić information content (AvgIpc) is 2.39. The summed E-state index contributed by atoms with van der Waals surface area (Å²) < 4.78 is 4.87. The Morgan fingerprint density at radius 1 is 1.24 bits per heavy atom. The van der Waals surface area contributed by atoms with Crippen molar-refractivity contribution in [2.45, 2.75) is 0 Å². The van der Waals surface area contributed by atoms with E-state index in [1.165, 1.54) is 7.11 Å². The lowest BCUT2D eigenvalue weighted by atomic mass is 10.1. The van der Waals surface area contributed by atoms with Crippen molar-refractivity contribution in [1.29, 1.82) is 0 Å². The van der Waals surface area contributed by atoms with Crippen LogP contribution in [0.5, 0.6) is 6.01 Å². The Bertz CT molecular complexity index is 541. The van der Waals surface area contributed by atoms with Crippen LogP contribution in [0, 0.1) is 0 Å². The summed E-state index contributed by atoms with van der Waals surface area (Å²) in [6.07, 6.45) is 3.98. The number of ether oxygens (including phenoxy) is 1. The zero-order chi connectivity index (χ0) is 12.3. The van der Waals surface area contributed by atoms with Crippen LogP contribution < -0.4 is 4.74 Å². The lowest BCUT2D eigenvalue weighted by Gasteiger charge is -2.03. The Hall–Kier alpha value is -1.94. The van der Waals surface area contributed by atoms with Crippen LogP contribution in [0.2, 0.25) is 5.02 Å². The van der Waals surface area contributed by atoms with E-state index in [-0.39, 0.29) is 0 Å². The second kappa shape index (κ2) is 4.93. The first-order chi connectivity index (χ1) is 8.24. The fourth-order valence-electron chi connectivity index (χ4n) is 1.38. The highest BCUT2D eigenvalue weighted by molar-refractivity contribution is 6.33. The molecule has 1 aromatic heterocycles. The van der Waals surface area contributed by atoms with Gasteiger partial charge in [0.2, 0.25) is 0 Å². The first kappa shape index (κ1) is 11.5. The van der Waals surface area contributed by atoms with Crippen molar-refractivity contribution in [2.24, 2.45) is 0 Å². The Morgan fingerprint density at radius 2 is 1.94 bits per heavy atom. The molecule has 0 radical (unpaired) electrons. The zero-order valence-electron chi connectivity index (χ0n) is 9.05. The van der Waals surface area contributed by atoms with Gasteiger partial charge >= 0.3 is 6.01 Å². The molecule has 86 valence electrons. The SMILES string of the molecule is COc1ncc(-c2ccc(Cl)c(C=O)c2)cn1. The molecule has 2 rings (SSSR count). The third kappa shape index (κ3) is 2.42. The number of hydrogen-bond donors (Lipinski definition) is 0. The van der Waals surface area contributed by atoms with Gasteiger partial charge < -0.3 is 4.74 Å². The molecule has 0 atom stereocenters. The fourth-order valence-corrected chi connectivity index (χ4v) is 1.55. The van der Waals surface area contributed by atoms with Crippen LogP contribution in [-0.2, 0) is 0 Å². The lowest BCUT2D eigenvalue weighted by Crippen LogP contribution is -1.92. The first-order valence-corrected chi connectivity index (χ1v) is 5.23. The predicted molar refractivity (Wildman–Crippen MR) is 64.4 cm³/mol. The molecule has 17 heavy (non-hydrogen) atoms. The summed E-state index contributed by atoms with van der Waals surface area (Å²) >= 11 is 5.85. The van der Waals surface area contributed by atoms with Crippen molar-refractivity contribution >= 4 is 17.9 Å². The molecule has 0 spiro atoms. The molecule has 4 nitrogen and oxygen atoms in total. The molecule has 0 amide bonds. The molecule has 1 aromatic carbocycles. The Kier molecular flexibility index (Phi) is 3.35. The van der Waals surface area contributed by atoms with Crippen molar-refractivity contribution in [3.63, 3.8) is 0 Å². The number of carbonyl (C=O) groups excluding carboxylic acids is 1. The predicted octanol–water partition coefficient (Wildman–Crippen LogP) is 2.62. The Labute approximate surface area is 103 Å². The summed E-state index contributed by atoms with van der Waals surface area (Å²) in [5.41, 5.74) is 2.07. The quantitative estimate of drug-likeness (QED) is 0.784. The molecule has 0 fully saturated rings. The van der Waals surface area contributed by atoms with E-state index >= 15 is 0 Å². The number of nitrogens with zero attached hydrogens (tertiary/aromatic N) is 2. The van der Waals surface area contributed by atoms with Crippen LogP contribution in [0.25, 0.3) is 11.1 Å². The van der Waals surface area contributed by atoms with E-state index in [1.807, 2.05) is 0 Å². The molecule has 0 aliphatic carbocycles. The number of hydrogen-bond acceptors (Lipinski definition) is 4. The number of aldehydes is 1. The number of benzene rings is 1. The van der Waals surface area contributed by atoms with Gasteiger partial charge in [-0.15, -0.1) is 0 Å². The van der Waals surface area contributed by atoms with Gasteiger partial charge in [-0.3, -0.25) is 4.79 Å². The second-order valence-corrected chi connectivity index (χ2v) is 3.72. The van der Waals surface area contributed by atoms with Crippen LogP contribution in [-0.4, -0.2) is 23.4 Å². The molecule has 0 saturated heterocycles. The molecule has 0 aliphatic rings. The molecule has 0 N–H and O–H groups in total. The van der Waals surface area contributed by atoms with Crippen LogP contribution in [0.4, 0.5) is 0 Å². The van der Waals surface area contributed by atoms with Gasteiger partial charge in [0.05, 0.1) is 12.1 Å². The Morgan fingerprint density at radius 3 is 2.53 bits per heavy atom. The highest BCUT2D eigenvalue weighted by Crippen LogP contribution is 2.23. The molecule has 0 unspecified atom stereocenters. The van der Waals surface area contributed by atoms with Gasteiger partial charge in [-0.25, -0.2) is 9.97 Å². The third-order valence-corrected chi connectivity index (χ3v) is 2.61. The van der Waals surface area contributed by atoms with E-state index < -0.39 is 0 Å². The third-order valence-electron chi connectivity index (χ3n) is 2.27. The van der Waals surface area contributed by atoms with Gasteiger partial charge in [-0.05, 0) is 17.7 Å². The van der Waals surface area contributed by atoms with E-state index in [4.69, 9.17) is 16.3 Å². The van der Waals surface area contributed by atoms with Crippen molar-refractivity contribution < 1.29 is 9.53 Å². The highest BCUT2D eigenvalue weighted by Gasteiger charge is 2.04. The van der Waals surface area contributed by atoms with Crippen LogP contribution in [0.1, 0.15) is 10.4 Å². The fraction of sp³-hybridized carbons (Fsp3) is 0.0833. The zero-order valence-corrected chi connectivity index (χ0v) is 9.81. The summed E-state index contributed by atoms with van der Waals surface area (Å²) in [6.45, 7) is 0. The molecule has 1 heterocycles. The van der Waals surface area contributed by atoms with Gasteiger partial charge in [0, 0.05) is 23.5 Å². The standard InChI is InChI=1S/C12H9ClN2O2/c1-17-12-14-5-10(6-15-12)8-2-3-11(13)9(4-8)7-16/h2-7H,1H3. The average molecular weight is 249 g/mol. The van der Waals surface area contributed by atoms with E-state index in [0.717, 1.165) is 17.4 Å². The summed E-state index contributed by atoms with van der Waals surface area (Å²) in [6, 6.07) is 5.48. The van der Waals surface area contributed by atoms with Gasteiger partial charge in [-0.2, -0.15) is 0 Å². The van der Waals surface area contributed by atoms with E-state index in [0.29, 0.717) is 16.6 Å². The van der Waals surface area contributed by atoms with Crippen molar-refractivity contribution in [1.82, 2.24) is 9.97 Å². The smallest absolute Gasteiger partial charge is 0.316 e. The molecule has 0 aliphatic heterocycles. The van der Waals surface area contributed by atoms with Crippen LogP contribution in [0.3, 0.4) is 0 Å². The van der Waals surface area contributed by atoms with E-state index in [1.54, 1.807) is 30.6 Å². The van der Waals surface area contributed by atoms with E-state index in [2.05, 4.69) is 9.97 Å². The number of halogens is 1. The molecular weight excluding hydrogens is 240 g/mol. The topological polar surface area (TPSA) is 52.1 Å². The Balaban J connectivity index is 2.41. The molecule has 0 saturated carbocycles. The largest absolute Gasteiger partial charge is 0.467 e. The van der Waals surface area contributed by atoms with Crippen LogP contribution in [0.15, 0.2) is 30.6 Å². The van der Waals surface area contributed by atoms with Crippen molar-refractivity contribution in [2.75, 3.05) is 7.11 Å². The molecular formula is C12H9ClN2O2. The number of methoxy groups -OCH3 is 1. The molecule has 0 bridgehead atoms. The molecule has 2 aromatic rings. The summed E-state index contributed by atoms with van der Waals surface area (Å²) in [5, 5.41) is 0.429. The maximum atomic E-state index is 10.8.